The molecule has 0 aliphatic carbocycles. The minimum Gasteiger partial charge on any atom is -0.380 e. The summed E-state index contributed by atoms with van der Waals surface area (Å²) in [4.78, 5) is 12.3. The molecule has 0 spiro atoms. The van der Waals surface area contributed by atoms with Crippen molar-refractivity contribution in [3.8, 4) is 5.69 Å². The van der Waals surface area contributed by atoms with Gasteiger partial charge in [0, 0.05) is 6.54 Å². The number of para-hydroxylation sites is 1. The number of nitrogens with one attached hydrogen (secondary N) is 1. The molecule has 0 fully saturated rings. The van der Waals surface area contributed by atoms with Crippen LogP contribution >= 0.6 is 11.6 Å². The number of hydrogen-bond donors (Lipinski definition) is 1. The Kier molecular flexibility index (Phi) is 5.75. The van der Waals surface area contributed by atoms with Gasteiger partial charge in [-0.15, -0.1) is 0 Å². The van der Waals surface area contributed by atoms with Gasteiger partial charge in [-0.05, 0) is 19.1 Å². The van der Waals surface area contributed by atoms with Gasteiger partial charge in [-0.1, -0.05) is 42.0 Å². The maximum Gasteiger partial charge on any atom is 0.292 e. The standard InChI is InChI=1S/C16H18ClN3O2/c1-12(2)11-22-9-8-18-14-10-19-20(16(21)15(14)17)13-6-4-3-5-7-13/h3-7,10,18H,1,8-9,11H2,2H3. The highest BCUT2D eigenvalue weighted by molar-refractivity contribution is 6.32. The molecule has 1 N–H and O–H groups in total. The minimum atomic E-state index is -0.360. The van der Waals surface area contributed by atoms with Gasteiger partial charge >= 0.3 is 0 Å². The molecule has 0 bridgehead atoms. The zero-order chi connectivity index (χ0) is 15.9. The molecule has 1 aromatic carbocycles. The van der Waals surface area contributed by atoms with Crippen LogP contribution in [0.4, 0.5) is 5.69 Å². The van der Waals surface area contributed by atoms with Crippen LogP contribution in [-0.4, -0.2) is 29.5 Å². The molecule has 0 radical (unpaired) electrons. The molecule has 5 nitrogen and oxygen atoms in total. The Labute approximate surface area is 134 Å². The quantitative estimate of drug-likeness (QED) is 0.630. The number of ether oxygens (including phenoxy) is 1. The van der Waals surface area contributed by atoms with Gasteiger partial charge in [-0.3, -0.25) is 4.79 Å². The maximum atomic E-state index is 12.3. The van der Waals surface area contributed by atoms with E-state index in [-0.39, 0.29) is 10.6 Å². The van der Waals surface area contributed by atoms with Crippen molar-refractivity contribution in [3.05, 3.63) is 64.1 Å². The van der Waals surface area contributed by atoms with Gasteiger partial charge in [0.2, 0.25) is 0 Å². The predicted octanol–water partition coefficient (Wildman–Crippen LogP) is 2.89. The number of rotatable bonds is 7. The molecular formula is C16H18ClN3O2. The molecule has 0 amide bonds. The molecule has 2 rings (SSSR count). The summed E-state index contributed by atoms with van der Waals surface area (Å²) >= 11 is 6.12. The first-order valence-corrected chi connectivity index (χ1v) is 7.26. The molecule has 0 aliphatic rings. The van der Waals surface area contributed by atoms with E-state index in [1.807, 2.05) is 25.1 Å². The number of nitrogens with zero attached hydrogens (tertiary/aromatic N) is 2. The lowest BCUT2D eigenvalue weighted by atomic mass is 10.3. The molecule has 1 heterocycles. The van der Waals surface area contributed by atoms with E-state index in [0.717, 1.165) is 5.57 Å². The van der Waals surface area contributed by atoms with Gasteiger partial charge in [-0.2, -0.15) is 9.78 Å². The van der Waals surface area contributed by atoms with Crippen LogP contribution in [0, 0.1) is 0 Å². The van der Waals surface area contributed by atoms with E-state index in [9.17, 15) is 4.79 Å². The Balaban J connectivity index is 2.05. The van der Waals surface area contributed by atoms with Crippen LogP contribution in [0.1, 0.15) is 6.92 Å². The van der Waals surface area contributed by atoms with Crippen molar-refractivity contribution in [2.45, 2.75) is 6.92 Å². The van der Waals surface area contributed by atoms with Gasteiger partial charge < -0.3 is 10.1 Å². The second-order valence-electron chi connectivity index (χ2n) is 4.86. The van der Waals surface area contributed by atoms with Gasteiger partial charge in [-0.25, -0.2) is 0 Å². The van der Waals surface area contributed by atoms with E-state index in [1.165, 1.54) is 10.9 Å². The Bertz CT molecular complexity index is 698. The van der Waals surface area contributed by atoms with Gasteiger partial charge in [0.25, 0.3) is 5.56 Å². The Hall–Kier alpha value is -2.11. The summed E-state index contributed by atoms with van der Waals surface area (Å²) in [6, 6.07) is 9.13. The molecule has 0 unspecified atom stereocenters. The minimum absolute atomic E-state index is 0.110. The number of benzene rings is 1. The summed E-state index contributed by atoms with van der Waals surface area (Å²) in [5.41, 5.74) is 1.77. The molecule has 0 saturated carbocycles. The van der Waals surface area contributed by atoms with Crippen LogP contribution in [0.3, 0.4) is 0 Å². The fraction of sp³-hybridized carbons (Fsp3) is 0.250. The van der Waals surface area contributed by atoms with Crippen LogP contribution in [-0.2, 0) is 4.74 Å². The summed E-state index contributed by atoms with van der Waals surface area (Å²) in [6.07, 6.45) is 1.54. The lowest BCUT2D eigenvalue weighted by Crippen LogP contribution is -2.23. The van der Waals surface area contributed by atoms with Crippen molar-refractivity contribution >= 4 is 17.3 Å². The predicted molar refractivity (Wildman–Crippen MR) is 89.0 cm³/mol. The fourth-order valence-corrected chi connectivity index (χ4v) is 2.01. The van der Waals surface area contributed by atoms with E-state index < -0.39 is 0 Å². The third kappa shape index (κ3) is 4.19. The first kappa shape index (κ1) is 16.3. The van der Waals surface area contributed by atoms with Crippen molar-refractivity contribution in [1.82, 2.24) is 9.78 Å². The topological polar surface area (TPSA) is 56.1 Å². The van der Waals surface area contributed by atoms with Crippen molar-refractivity contribution in [1.29, 1.82) is 0 Å². The third-order valence-corrected chi connectivity index (χ3v) is 3.20. The monoisotopic (exact) mass is 319 g/mol. The molecule has 0 atom stereocenters. The van der Waals surface area contributed by atoms with E-state index in [2.05, 4.69) is 17.0 Å². The fourth-order valence-electron chi connectivity index (χ4n) is 1.81. The van der Waals surface area contributed by atoms with Crippen molar-refractivity contribution in [3.63, 3.8) is 0 Å². The highest BCUT2D eigenvalue weighted by Gasteiger charge is 2.09. The number of aromatic nitrogens is 2. The van der Waals surface area contributed by atoms with Gasteiger partial charge in [0.15, 0.2) is 0 Å². The van der Waals surface area contributed by atoms with Crippen LogP contribution in [0.2, 0.25) is 5.02 Å². The van der Waals surface area contributed by atoms with Crippen LogP contribution in [0.25, 0.3) is 5.69 Å². The average Bonchev–Trinajstić information content (AvgIpc) is 2.51. The van der Waals surface area contributed by atoms with Crippen LogP contribution < -0.4 is 10.9 Å². The van der Waals surface area contributed by atoms with Crippen LogP contribution in [0.5, 0.6) is 0 Å². The molecule has 0 aliphatic heterocycles. The SMILES string of the molecule is C=C(C)COCCNc1cnn(-c2ccccc2)c(=O)c1Cl. The van der Waals surface area contributed by atoms with E-state index in [0.29, 0.717) is 31.1 Å². The second-order valence-corrected chi connectivity index (χ2v) is 5.24. The molecule has 1 aromatic heterocycles. The second kappa shape index (κ2) is 7.77. The largest absolute Gasteiger partial charge is 0.380 e. The normalized spacial score (nSPS) is 10.5. The van der Waals surface area contributed by atoms with E-state index >= 15 is 0 Å². The summed E-state index contributed by atoms with van der Waals surface area (Å²) in [5.74, 6) is 0. The summed E-state index contributed by atoms with van der Waals surface area (Å²) in [6.45, 7) is 7.19. The molecule has 22 heavy (non-hydrogen) atoms. The number of hydrogen-bond acceptors (Lipinski definition) is 4. The first-order valence-electron chi connectivity index (χ1n) is 6.89. The molecule has 6 heteroatoms. The average molecular weight is 320 g/mol. The summed E-state index contributed by atoms with van der Waals surface area (Å²) in [7, 11) is 0. The Morgan fingerprint density at radius 1 is 1.41 bits per heavy atom. The molecule has 116 valence electrons. The first-order chi connectivity index (χ1) is 10.6. The van der Waals surface area contributed by atoms with Crippen molar-refractivity contribution < 1.29 is 4.74 Å². The maximum absolute atomic E-state index is 12.3. The molecule has 2 aromatic rings. The lowest BCUT2D eigenvalue weighted by molar-refractivity contribution is 0.167. The zero-order valence-corrected chi connectivity index (χ0v) is 13.1. The zero-order valence-electron chi connectivity index (χ0n) is 12.4. The van der Waals surface area contributed by atoms with Gasteiger partial charge in [0.1, 0.15) is 5.02 Å². The van der Waals surface area contributed by atoms with Crippen LogP contribution in [0.15, 0.2) is 53.5 Å². The lowest BCUT2D eigenvalue weighted by Gasteiger charge is -2.10. The smallest absolute Gasteiger partial charge is 0.292 e. The van der Waals surface area contributed by atoms with Crippen molar-refractivity contribution in [2.24, 2.45) is 0 Å². The van der Waals surface area contributed by atoms with Gasteiger partial charge in [0.05, 0.1) is 30.8 Å². The molecular weight excluding hydrogens is 302 g/mol. The van der Waals surface area contributed by atoms with Crippen molar-refractivity contribution in [2.75, 3.05) is 25.1 Å². The highest BCUT2D eigenvalue weighted by Crippen LogP contribution is 2.16. The Morgan fingerprint density at radius 2 is 2.14 bits per heavy atom. The van der Waals surface area contributed by atoms with E-state index in [4.69, 9.17) is 16.3 Å². The Morgan fingerprint density at radius 3 is 2.82 bits per heavy atom. The summed E-state index contributed by atoms with van der Waals surface area (Å²) < 4.78 is 6.64. The number of halogens is 1. The third-order valence-electron chi connectivity index (χ3n) is 2.83. The number of anilines is 1. The van der Waals surface area contributed by atoms with E-state index in [1.54, 1.807) is 12.1 Å². The molecule has 0 saturated heterocycles. The summed E-state index contributed by atoms with van der Waals surface area (Å²) in [5, 5.41) is 7.29. The highest BCUT2D eigenvalue weighted by atomic mass is 35.5.